The number of benzene rings is 2. The van der Waals surface area contributed by atoms with Gasteiger partial charge in [-0.15, -0.1) is 0 Å². The van der Waals surface area contributed by atoms with Crippen LogP contribution in [-0.4, -0.2) is 30.9 Å². The number of amides is 2. The van der Waals surface area contributed by atoms with Gasteiger partial charge in [-0.05, 0) is 36.2 Å². The van der Waals surface area contributed by atoms with Crippen LogP contribution < -0.4 is 10.1 Å². The van der Waals surface area contributed by atoms with Crippen LogP contribution in [0.15, 0.2) is 54.6 Å². The molecule has 0 aromatic heterocycles. The average Bonchev–Trinajstić information content (AvgIpc) is 2.64. The molecule has 5 heteroatoms. The largest absolute Gasteiger partial charge is 0.497 e. The number of para-hydroxylation sites is 1. The van der Waals surface area contributed by atoms with Crippen LogP contribution in [0.4, 0.5) is 5.69 Å². The zero-order valence-electron chi connectivity index (χ0n) is 14.4. The summed E-state index contributed by atoms with van der Waals surface area (Å²) >= 11 is 0. The molecule has 1 aliphatic heterocycles. The van der Waals surface area contributed by atoms with Crippen molar-refractivity contribution in [3.63, 3.8) is 0 Å². The van der Waals surface area contributed by atoms with Crippen LogP contribution in [-0.2, 0) is 9.59 Å². The van der Waals surface area contributed by atoms with Gasteiger partial charge in [-0.2, -0.15) is 0 Å². The third-order valence-electron chi connectivity index (χ3n) is 4.70. The fraction of sp³-hybridized carbons (Fsp3) is 0.300. The van der Waals surface area contributed by atoms with Gasteiger partial charge >= 0.3 is 0 Å². The average molecular weight is 338 g/mol. The van der Waals surface area contributed by atoms with Gasteiger partial charge in [0.2, 0.25) is 11.8 Å². The summed E-state index contributed by atoms with van der Waals surface area (Å²) in [6.45, 7) is 0. The first-order valence-corrected chi connectivity index (χ1v) is 8.35. The van der Waals surface area contributed by atoms with E-state index in [4.69, 9.17) is 4.74 Å². The van der Waals surface area contributed by atoms with Gasteiger partial charge in [0.25, 0.3) is 0 Å². The van der Waals surface area contributed by atoms with E-state index < -0.39 is 0 Å². The molecule has 0 aliphatic carbocycles. The molecule has 2 aromatic rings. The number of carbonyl (C=O) groups excluding carboxylic acids is 2. The van der Waals surface area contributed by atoms with Crippen molar-refractivity contribution in [3.05, 3.63) is 60.2 Å². The molecule has 0 radical (unpaired) electrons. The summed E-state index contributed by atoms with van der Waals surface area (Å²) in [5.41, 5.74) is 1.70. The summed E-state index contributed by atoms with van der Waals surface area (Å²) < 4.78 is 5.20. The number of hydrogen-bond acceptors (Lipinski definition) is 3. The smallest absolute Gasteiger partial charge is 0.229 e. The Morgan fingerprint density at radius 2 is 1.80 bits per heavy atom. The van der Waals surface area contributed by atoms with E-state index >= 15 is 0 Å². The monoisotopic (exact) mass is 338 g/mol. The summed E-state index contributed by atoms with van der Waals surface area (Å²) in [5, 5.41) is 2.97. The van der Waals surface area contributed by atoms with Crippen LogP contribution in [0.2, 0.25) is 0 Å². The normalized spacial score (nSPS) is 20.2. The minimum Gasteiger partial charge on any atom is -0.497 e. The Kier molecular flexibility index (Phi) is 5.03. The third kappa shape index (κ3) is 3.65. The highest BCUT2D eigenvalue weighted by Gasteiger charge is 2.38. The van der Waals surface area contributed by atoms with E-state index in [-0.39, 0.29) is 23.8 Å². The number of carbonyl (C=O) groups is 2. The Bertz CT molecular complexity index is 743. The number of methoxy groups -OCH3 is 1. The lowest BCUT2D eigenvalue weighted by Gasteiger charge is -2.38. The molecule has 0 spiro atoms. The number of rotatable bonds is 4. The van der Waals surface area contributed by atoms with Crippen LogP contribution in [0.1, 0.15) is 24.4 Å². The highest BCUT2D eigenvalue weighted by atomic mass is 16.5. The standard InChI is InChI=1S/C20H22N2O3/c1-22-18(23)13-12-17(20(24)21-15-6-4-3-5-7-15)19(22)14-8-10-16(25-2)11-9-14/h3-11,17,19H,12-13H2,1-2H3,(H,21,24). The highest BCUT2D eigenvalue weighted by Crippen LogP contribution is 2.37. The van der Waals surface area contributed by atoms with Gasteiger partial charge in [0.05, 0.1) is 19.1 Å². The topological polar surface area (TPSA) is 58.6 Å². The first kappa shape index (κ1) is 17.0. The minimum atomic E-state index is -0.295. The molecule has 25 heavy (non-hydrogen) atoms. The predicted octanol–water partition coefficient (Wildman–Crippen LogP) is 3.24. The van der Waals surface area contributed by atoms with Crippen molar-refractivity contribution >= 4 is 17.5 Å². The molecule has 2 unspecified atom stereocenters. The molecule has 2 amide bonds. The lowest BCUT2D eigenvalue weighted by atomic mass is 9.84. The molecule has 3 rings (SSSR count). The quantitative estimate of drug-likeness (QED) is 0.931. The molecule has 1 aliphatic rings. The second-order valence-corrected chi connectivity index (χ2v) is 6.22. The molecule has 0 bridgehead atoms. The van der Waals surface area contributed by atoms with Crippen molar-refractivity contribution in [1.29, 1.82) is 0 Å². The van der Waals surface area contributed by atoms with Gasteiger partial charge < -0.3 is 15.0 Å². The molecule has 0 saturated carbocycles. The third-order valence-corrected chi connectivity index (χ3v) is 4.70. The Morgan fingerprint density at radius 1 is 1.12 bits per heavy atom. The van der Waals surface area contributed by atoms with Crippen LogP contribution in [0, 0.1) is 5.92 Å². The maximum absolute atomic E-state index is 12.9. The fourth-order valence-electron chi connectivity index (χ4n) is 3.33. The SMILES string of the molecule is COc1ccc(C2C(C(=O)Nc3ccccc3)CCC(=O)N2C)cc1. The predicted molar refractivity (Wildman–Crippen MR) is 96.3 cm³/mol. The second-order valence-electron chi connectivity index (χ2n) is 6.22. The second kappa shape index (κ2) is 7.38. The van der Waals surface area contributed by atoms with Crippen LogP contribution >= 0.6 is 0 Å². The molecular formula is C20H22N2O3. The lowest BCUT2D eigenvalue weighted by Crippen LogP contribution is -2.44. The van der Waals surface area contributed by atoms with E-state index in [0.29, 0.717) is 12.8 Å². The van der Waals surface area contributed by atoms with E-state index in [1.165, 1.54) is 0 Å². The zero-order chi connectivity index (χ0) is 17.8. The molecule has 2 atom stereocenters. The first-order chi connectivity index (χ1) is 12.1. The molecular weight excluding hydrogens is 316 g/mol. The van der Waals surface area contributed by atoms with E-state index in [2.05, 4.69) is 5.32 Å². The Balaban J connectivity index is 1.86. The van der Waals surface area contributed by atoms with Gasteiger partial charge in [0.15, 0.2) is 0 Å². The first-order valence-electron chi connectivity index (χ1n) is 8.35. The molecule has 2 aromatic carbocycles. The number of anilines is 1. The molecule has 1 saturated heterocycles. The van der Waals surface area contributed by atoms with Crippen molar-refractivity contribution < 1.29 is 14.3 Å². The van der Waals surface area contributed by atoms with Crippen molar-refractivity contribution in [1.82, 2.24) is 4.90 Å². The Labute approximate surface area is 147 Å². The number of ether oxygens (including phenoxy) is 1. The van der Waals surface area contributed by atoms with Crippen molar-refractivity contribution in [3.8, 4) is 5.75 Å². The summed E-state index contributed by atoms with van der Waals surface area (Å²) in [6, 6.07) is 16.7. The Morgan fingerprint density at radius 3 is 2.44 bits per heavy atom. The van der Waals surface area contributed by atoms with Gasteiger partial charge in [-0.3, -0.25) is 9.59 Å². The summed E-state index contributed by atoms with van der Waals surface area (Å²) in [7, 11) is 3.38. The molecule has 1 fully saturated rings. The molecule has 1 heterocycles. The molecule has 130 valence electrons. The van der Waals surface area contributed by atoms with Gasteiger partial charge in [-0.25, -0.2) is 0 Å². The molecule has 1 N–H and O–H groups in total. The van der Waals surface area contributed by atoms with Gasteiger partial charge in [0.1, 0.15) is 5.75 Å². The van der Waals surface area contributed by atoms with E-state index in [9.17, 15) is 9.59 Å². The van der Waals surface area contributed by atoms with Gasteiger partial charge in [-0.1, -0.05) is 30.3 Å². The van der Waals surface area contributed by atoms with Crippen molar-refractivity contribution in [2.24, 2.45) is 5.92 Å². The maximum atomic E-state index is 12.9. The molecule has 5 nitrogen and oxygen atoms in total. The Hall–Kier alpha value is -2.82. The summed E-state index contributed by atoms with van der Waals surface area (Å²) in [5.74, 6) is 0.450. The van der Waals surface area contributed by atoms with Crippen LogP contribution in [0.3, 0.4) is 0 Å². The number of nitrogens with zero attached hydrogens (tertiary/aromatic N) is 1. The number of hydrogen-bond donors (Lipinski definition) is 1. The van der Waals surface area contributed by atoms with E-state index in [0.717, 1.165) is 17.0 Å². The van der Waals surface area contributed by atoms with Gasteiger partial charge in [0, 0.05) is 19.2 Å². The van der Waals surface area contributed by atoms with Crippen LogP contribution in [0.5, 0.6) is 5.75 Å². The fourth-order valence-corrected chi connectivity index (χ4v) is 3.33. The van der Waals surface area contributed by atoms with Crippen LogP contribution in [0.25, 0.3) is 0 Å². The number of nitrogens with one attached hydrogen (secondary N) is 1. The maximum Gasteiger partial charge on any atom is 0.229 e. The highest BCUT2D eigenvalue weighted by molar-refractivity contribution is 5.94. The summed E-state index contributed by atoms with van der Waals surface area (Å²) in [4.78, 5) is 26.7. The summed E-state index contributed by atoms with van der Waals surface area (Å²) in [6.07, 6.45) is 0.925. The number of piperidine rings is 1. The van der Waals surface area contributed by atoms with E-state index in [1.54, 1.807) is 19.1 Å². The lowest BCUT2D eigenvalue weighted by molar-refractivity contribution is -0.140. The number of likely N-dealkylation sites (tertiary alicyclic amines) is 1. The van der Waals surface area contributed by atoms with E-state index in [1.807, 2.05) is 54.6 Å². The van der Waals surface area contributed by atoms with Crippen molar-refractivity contribution in [2.75, 3.05) is 19.5 Å². The van der Waals surface area contributed by atoms with Crippen molar-refractivity contribution in [2.45, 2.75) is 18.9 Å². The minimum absolute atomic E-state index is 0.0598. The zero-order valence-corrected chi connectivity index (χ0v) is 14.4.